The average molecular weight is 472 g/mol. The van der Waals surface area contributed by atoms with Crippen LogP contribution in [0.25, 0.3) is 0 Å². The smallest absolute Gasteiger partial charge is 0.410 e. The van der Waals surface area contributed by atoms with Gasteiger partial charge in [0.05, 0.1) is 13.7 Å². The summed E-state index contributed by atoms with van der Waals surface area (Å²) in [6, 6.07) is 7.07. The van der Waals surface area contributed by atoms with Gasteiger partial charge < -0.3 is 24.2 Å². The molecule has 1 aromatic rings. The molecule has 2 amide bonds. The van der Waals surface area contributed by atoms with E-state index in [0.717, 1.165) is 69.6 Å². The van der Waals surface area contributed by atoms with Gasteiger partial charge in [0.15, 0.2) is 0 Å². The van der Waals surface area contributed by atoms with Crippen LogP contribution >= 0.6 is 0 Å². The number of nitrogens with zero attached hydrogens (tertiary/aromatic N) is 3. The summed E-state index contributed by atoms with van der Waals surface area (Å²) >= 11 is 0. The Bertz CT molecular complexity index is 896. The summed E-state index contributed by atoms with van der Waals surface area (Å²) in [5.41, 5.74) is 2.29. The monoisotopic (exact) mass is 471 g/mol. The summed E-state index contributed by atoms with van der Waals surface area (Å²) < 4.78 is 10.9. The lowest BCUT2D eigenvalue weighted by molar-refractivity contribution is -0.116. The van der Waals surface area contributed by atoms with Crippen molar-refractivity contribution in [2.45, 2.75) is 89.8 Å². The Labute approximate surface area is 204 Å². The van der Waals surface area contributed by atoms with Gasteiger partial charge in [-0.1, -0.05) is 6.92 Å². The molecule has 0 bridgehead atoms. The van der Waals surface area contributed by atoms with E-state index < -0.39 is 0 Å². The first-order chi connectivity index (χ1) is 16.3. The number of rotatable bonds is 6. The Morgan fingerprint density at radius 1 is 1.18 bits per heavy atom. The first kappa shape index (κ1) is 24.8. The number of carbonyl (C=O) groups excluding carboxylic acids is 2. The summed E-state index contributed by atoms with van der Waals surface area (Å²) in [6.07, 6.45) is 6.05. The van der Waals surface area contributed by atoms with E-state index >= 15 is 0 Å². The maximum absolute atomic E-state index is 12.6. The highest BCUT2D eigenvalue weighted by Gasteiger charge is 2.47. The van der Waals surface area contributed by atoms with Crippen molar-refractivity contribution in [3.05, 3.63) is 23.8 Å². The van der Waals surface area contributed by atoms with Gasteiger partial charge in [0, 0.05) is 42.7 Å². The summed E-state index contributed by atoms with van der Waals surface area (Å²) in [5, 5.41) is 0. The van der Waals surface area contributed by atoms with Gasteiger partial charge in [0.2, 0.25) is 5.91 Å². The normalized spacial score (nSPS) is 24.9. The van der Waals surface area contributed by atoms with Crippen LogP contribution in [0.4, 0.5) is 10.5 Å². The van der Waals surface area contributed by atoms with Crippen LogP contribution in [-0.2, 0) is 14.9 Å². The lowest BCUT2D eigenvalue weighted by Gasteiger charge is -2.44. The predicted octanol–water partition coefficient (Wildman–Crippen LogP) is 4.57. The number of fused-ring (bicyclic) bond motifs is 2. The standard InChI is InChI=1S/C27H41N3O4/c1-6-21(16-22-9-8-19(3)30(22)26(32)34-7-2)28-14-12-27(13-15-28)18-29(20(4)31)25-11-10-23(33-5)17-24(25)27/h10-11,17,19,21-22H,6-9,12-16,18H2,1-5H3. The number of anilines is 1. The Balaban J connectivity index is 1.47. The average Bonchev–Trinajstić information content (AvgIpc) is 3.36. The number of carbonyl (C=O) groups is 2. The van der Waals surface area contributed by atoms with Crippen molar-refractivity contribution in [2.24, 2.45) is 0 Å². The molecule has 3 aliphatic heterocycles. The van der Waals surface area contributed by atoms with E-state index in [4.69, 9.17) is 9.47 Å². The number of hydrogen-bond donors (Lipinski definition) is 0. The van der Waals surface area contributed by atoms with E-state index in [2.05, 4.69) is 24.8 Å². The Hall–Kier alpha value is -2.28. The van der Waals surface area contributed by atoms with E-state index in [-0.39, 0.29) is 29.5 Å². The maximum Gasteiger partial charge on any atom is 0.410 e. The van der Waals surface area contributed by atoms with Crippen LogP contribution < -0.4 is 9.64 Å². The molecule has 7 nitrogen and oxygen atoms in total. The highest BCUT2D eigenvalue weighted by atomic mass is 16.6. The van der Waals surface area contributed by atoms with Crippen LogP contribution in [0.5, 0.6) is 5.75 Å². The molecule has 2 fully saturated rings. The third-order valence-electron chi connectivity index (χ3n) is 8.46. The summed E-state index contributed by atoms with van der Waals surface area (Å²) in [5.74, 6) is 0.957. The van der Waals surface area contributed by atoms with Gasteiger partial charge in [-0.05, 0) is 89.2 Å². The van der Waals surface area contributed by atoms with Crippen molar-refractivity contribution in [3.8, 4) is 5.75 Å². The lowest BCUT2D eigenvalue weighted by atomic mass is 9.73. The first-order valence-corrected chi connectivity index (χ1v) is 13.0. The molecule has 1 spiro atoms. The Morgan fingerprint density at radius 2 is 1.91 bits per heavy atom. The zero-order valence-corrected chi connectivity index (χ0v) is 21.5. The molecule has 2 saturated heterocycles. The van der Waals surface area contributed by atoms with Crippen molar-refractivity contribution >= 4 is 17.7 Å². The molecule has 4 rings (SSSR count). The molecule has 1 aromatic carbocycles. The molecule has 34 heavy (non-hydrogen) atoms. The van der Waals surface area contributed by atoms with Crippen LogP contribution in [0.1, 0.15) is 71.8 Å². The van der Waals surface area contributed by atoms with E-state index in [9.17, 15) is 9.59 Å². The maximum atomic E-state index is 12.6. The van der Waals surface area contributed by atoms with Gasteiger partial charge in [-0.15, -0.1) is 0 Å². The molecule has 7 heteroatoms. The minimum Gasteiger partial charge on any atom is -0.497 e. The Kier molecular flexibility index (Phi) is 7.41. The van der Waals surface area contributed by atoms with Crippen LogP contribution in [0, 0.1) is 0 Å². The second kappa shape index (κ2) is 10.1. The molecule has 3 heterocycles. The van der Waals surface area contributed by atoms with Gasteiger partial charge in [0.1, 0.15) is 5.75 Å². The number of likely N-dealkylation sites (tertiary alicyclic amines) is 2. The molecule has 0 aliphatic carbocycles. The second-order valence-corrected chi connectivity index (χ2v) is 10.3. The van der Waals surface area contributed by atoms with Crippen molar-refractivity contribution in [1.29, 1.82) is 0 Å². The molecule has 188 valence electrons. The fourth-order valence-electron chi connectivity index (χ4n) is 6.52. The summed E-state index contributed by atoms with van der Waals surface area (Å²) in [4.78, 5) is 31.5. The van der Waals surface area contributed by atoms with Gasteiger partial charge in [0.25, 0.3) is 0 Å². The molecule has 0 radical (unpaired) electrons. The van der Waals surface area contributed by atoms with Crippen LogP contribution in [-0.4, -0.2) is 73.3 Å². The van der Waals surface area contributed by atoms with Gasteiger partial charge in [-0.2, -0.15) is 0 Å². The molecular weight excluding hydrogens is 430 g/mol. The van der Waals surface area contributed by atoms with Crippen molar-refractivity contribution in [3.63, 3.8) is 0 Å². The number of benzene rings is 1. The molecule has 0 N–H and O–H groups in total. The third kappa shape index (κ3) is 4.51. The summed E-state index contributed by atoms with van der Waals surface area (Å²) in [7, 11) is 1.70. The zero-order chi connectivity index (χ0) is 24.5. The SMILES string of the molecule is CCOC(=O)N1C(C)CCC1CC(CC)N1CCC2(CC1)CN(C(C)=O)c1ccc(OC)cc12. The minimum absolute atomic E-state index is 0.0107. The quantitative estimate of drug-likeness (QED) is 0.608. The predicted molar refractivity (Wildman–Crippen MR) is 134 cm³/mol. The number of piperidine rings is 1. The molecule has 0 aromatic heterocycles. The summed E-state index contributed by atoms with van der Waals surface area (Å²) in [6.45, 7) is 11.1. The minimum atomic E-state index is -0.161. The highest BCUT2D eigenvalue weighted by Crippen LogP contribution is 2.48. The van der Waals surface area contributed by atoms with Crippen molar-refractivity contribution in [2.75, 3.05) is 38.3 Å². The third-order valence-corrected chi connectivity index (χ3v) is 8.46. The van der Waals surface area contributed by atoms with Gasteiger partial charge in [-0.25, -0.2) is 4.79 Å². The highest BCUT2D eigenvalue weighted by molar-refractivity contribution is 5.95. The van der Waals surface area contributed by atoms with Gasteiger partial charge in [-0.3, -0.25) is 4.79 Å². The Morgan fingerprint density at radius 3 is 2.53 bits per heavy atom. The number of hydrogen-bond acceptors (Lipinski definition) is 5. The lowest BCUT2D eigenvalue weighted by Crippen LogP contribution is -2.51. The van der Waals surface area contributed by atoms with E-state index in [0.29, 0.717) is 12.6 Å². The number of amides is 2. The number of ether oxygens (including phenoxy) is 2. The molecule has 3 atom stereocenters. The van der Waals surface area contributed by atoms with Crippen molar-refractivity contribution in [1.82, 2.24) is 9.80 Å². The van der Waals surface area contributed by atoms with E-state index in [1.165, 1.54) is 5.56 Å². The molecule has 0 saturated carbocycles. The molecule has 3 unspecified atom stereocenters. The first-order valence-electron chi connectivity index (χ1n) is 13.0. The fourth-order valence-corrected chi connectivity index (χ4v) is 6.52. The van der Waals surface area contributed by atoms with Crippen LogP contribution in [0.15, 0.2) is 18.2 Å². The molecular formula is C27H41N3O4. The van der Waals surface area contributed by atoms with Crippen molar-refractivity contribution < 1.29 is 19.1 Å². The molecule has 3 aliphatic rings. The zero-order valence-electron chi connectivity index (χ0n) is 21.5. The van der Waals surface area contributed by atoms with Gasteiger partial charge >= 0.3 is 6.09 Å². The largest absolute Gasteiger partial charge is 0.497 e. The van der Waals surface area contributed by atoms with Crippen LogP contribution in [0.2, 0.25) is 0 Å². The number of methoxy groups -OCH3 is 1. The van der Waals surface area contributed by atoms with Crippen LogP contribution in [0.3, 0.4) is 0 Å². The van der Waals surface area contributed by atoms with E-state index in [1.54, 1.807) is 14.0 Å². The second-order valence-electron chi connectivity index (χ2n) is 10.3. The fraction of sp³-hybridized carbons (Fsp3) is 0.704. The topological polar surface area (TPSA) is 62.3 Å². The van der Waals surface area contributed by atoms with E-state index in [1.807, 2.05) is 28.9 Å².